The van der Waals surface area contributed by atoms with Gasteiger partial charge < -0.3 is 5.11 Å². The van der Waals surface area contributed by atoms with Crippen LogP contribution in [-0.4, -0.2) is 17.0 Å². The summed E-state index contributed by atoms with van der Waals surface area (Å²) in [5, 5.41) is 10.2. The van der Waals surface area contributed by atoms with Gasteiger partial charge in [0.25, 0.3) is 0 Å². The first kappa shape index (κ1) is 15.2. The summed E-state index contributed by atoms with van der Waals surface area (Å²) in [6, 6.07) is 0. The van der Waals surface area contributed by atoms with E-state index in [0.29, 0.717) is 17.8 Å². The number of Topliss-reactive ketones (excluding diaryl/α,β-unsaturated/α-hetero) is 1. The molecule has 1 N–H and O–H groups in total. The Morgan fingerprint density at radius 2 is 1.73 bits per heavy atom. The zero-order chi connectivity index (χ0) is 15.7. The molecule has 0 aromatic rings. The van der Waals surface area contributed by atoms with E-state index in [-0.39, 0.29) is 11.2 Å². The number of aliphatic hydroxyl groups excluding tert-OH is 1. The maximum absolute atomic E-state index is 12.0. The number of ketones is 1. The number of aliphatic hydroxyl groups is 1. The van der Waals surface area contributed by atoms with Crippen LogP contribution < -0.4 is 0 Å². The van der Waals surface area contributed by atoms with Crippen molar-refractivity contribution in [3.63, 3.8) is 0 Å². The summed E-state index contributed by atoms with van der Waals surface area (Å²) in [5.41, 5.74) is 0.775. The fourth-order valence-electron chi connectivity index (χ4n) is 7.36. The summed E-state index contributed by atoms with van der Waals surface area (Å²) in [7, 11) is 0. The molecule has 124 valence electrons. The smallest absolute Gasteiger partial charge is 0.161 e. The van der Waals surface area contributed by atoms with E-state index in [2.05, 4.69) is 20.8 Å². The lowest BCUT2D eigenvalue weighted by Crippen LogP contribution is -2.55. The maximum Gasteiger partial charge on any atom is 0.161 e. The van der Waals surface area contributed by atoms with Gasteiger partial charge in [0.05, 0.1) is 0 Å². The zero-order valence-corrected chi connectivity index (χ0v) is 14.5. The fraction of sp³-hybridized carbons (Fsp3) is 0.950. The van der Waals surface area contributed by atoms with Crippen LogP contribution >= 0.6 is 0 Å². The highest BCUT2D eigenvalue weighted by Crippen LogP contribution is 2.67. The third kappa shape index (κ3) is 1.85. The molecule has 4 saturated carbocycles. The van der Waals surface area contributed by atoms with Gasteiger partial charge in [0, 0.05) is 6.42 Å². The van der Waals surface area contributed by atoms with Gasteiger partial charge in [0.15, 0.2) is 5.78 Å². The molecule has 0 aromatic carbocycles. The highest BCUT2D eigenvalue weighted by Gasteiger charge is 2.60. The Bertz CT molecular complexity index is 486. The first-order valence-corrected chi connectivity index (χ1v) is 9.57. The summed E-state index contributed by atoms with van der Waals surface area (Å²) in [4.78, 5) is 12.0. The Kier molecular flexibility index (Phi) is 3.32. The van der Waals surface area contributed by atoms with E-state index < -0.39 is 6.10 Å². The van der Waals surface area contributed by atoms with Gasteiger partial charge in [-0.25, -0.2) is 0 Å². The van der Waals surface area contributed by atoms with E-state index in [1.54, 1.807) is 0 Å². The molecule has 0 radical (unpaired) electrons. The third-order valence-corrected chi connectivity index (χ3v) is 8.99. The van der Waals surface area contributed by atoms with Gasteiger partial charge in [-0.2, -0.15) is 0 Å². The highest BCUT2D eigenvalue weighted by molar-refractivity contribution is 5.84. The van der Waals surface area contributed by atoms with Gasteiger partial charge in [-0.1, -0.05) is 20.8 Å². The van der Waals surface area contributed by atoms with Crippen LogP contribution in [0, 0.1) is 40.4 Å². The van der Waals surface area contributed by atoms with Crippen LogP contribution in [0.3, 0.4) is 0 Å². The Morgan fingerprint density at radius 1 is 1.00 bits per heavy atom. The Morgan fingerprint density at radius 3 is 2.50 bits per heavy atom. The zero-order valence-electron chi connectivity index (χ0n) is 14.5. The van der Waals surface area contributed by atoms with Crippen LogP contribution in [0.1, 0.15) is 72.1 Å². The molecular formula is C20H32O2. The van der Waals surface area contributed by atoms with Crippen molar-refractivity contribution in [2.24, 2.45) is 40.4 Å². The molecular weight excluding hydrogens is 272 g/mol. The topological polar surface area (TPSA) is 37.3 Å². The molecule has 0 heterocycles. The minimum absolute atomic E-state index is 0.107. The van der Waals surface area contributed by atoms with Crippen molar-refractivity contribution in [1.29, 1.82) is 0 Å². The first-order valence-electron chi connectivity index (χ1n) is 9.57. The molecule has 2 heteroatoms. The van der Waals surface area contributed by atoms with Crippen molar-refractivity contribution in [3.8, 4) is 0 Å². The predicted octanol–water partition coefficient (Wildman–Crippen LogP) is 4.21. The Hall–Kier alpha value is -0.370. The summed E-state index contributed by atoms with van der Waals surface area (Å²) < 4.78 is 0. The predicted molar refractivity (Wildman–Crippen MR) is 87.3 cm³/mol. The summed E-state index contributed by atoms with van der Waals surface area (Å²) >= 11 is 0. The minimum Gasteiger partial charge on any atom is -0.385 e. The number of hydrogen-bond donors (Lipinski definition) is 1. The van der Waals surface area contributed by atoms with Crippen molar-refractivity contribution >= 4 is 5.78 Å². The van der Waals surface area contributed by atoms with Crippen molar-refractivity contribution in [2.75, 3.05) is 0 Å². The van der Waals surface area contributed by atoms with Gasteiger partial charge in [-0.15, -0.1) is 0 Å². The molecule has 0 amide bonds. The number of rotatable bonds is 0. The molecule has 2 nitrogen and oxygen atoms in total. The Balaban J connectivity index is 1.65. The Labute approximate surface area is 135 Å². The lowest BCUT2D eigenvalue weighted by atomic mass is 9.44. The molecule has 0 bridgehead atoms. The minimum atomic E-state index is -0.684. The molecule has 1 unspecified atom stereocenters. The van der Waals surface area contributed by atoms with Gasteiger partial charge in [0.2, 0.25) is 0 Å². The van der Waals surface area contributed by atoms with Crippen LogP contribution in [0.5, 0.6) is 0 Å². The maximum atomic E-state index is 12.0. The van der Waals surface area contributed by atoms with Crippen LogP contribution in [0.2, 0.25) is 0 Å². The quantitative estimate of drug-likeness (QED) is 0.728. The van der Waals surface area contributed by atoms with E-state index in [0.717, 1.165) is 30.1 Å². The molecule has 8 atom stereocenters. The van der Waals surface area contributed by atoms with Crippen LogP contribution in [0.25, 0.3) is 0 Å². The average molecular weight is 304 g/mol. The molecule has 0 aliphatic heterocycles. The van der Waals surface area contributed by atoms with E-state index in [9.17, 15) is 9.90 Å². The number of carbonyl (C=O) groups is 1. The monoisotopic (exact) mass is 304 g/mol. The number of fused-ring (bicyclic) bond motifs is 5. The van der Waals surface area contributed by atoms with Gasteiger partial charge in [-0.05, 0) is 85.4 Å². The fourth-order valence-corrected chi connectivity index (χ4v) is 7.36. The largest absolute Gasteiger partial charge is 0.385 e. The van der Waals surface area contributed by atoms with E-state index in [4.69, 9.17) is 0 Å². The van der Waals surface area contributed by atoms with Crippen molar-refractivity contribution in [2.45, 2.75) is 78.2 Å². The molecule has 4 aliphatic carbocycles. The standard InChI is InChI=1S/C20H32O2/c1-12-4-7-15-14-6-5-13-10-17(21)18(22)11-20(13,3)16(14)8-9-19(12,15)2/h12-16,18,22H,4-11H2,1-3H3/t12-,13+,14+,15+,16+,18?,19-,20+/m1/s1. The third-order valence-electron chi connectivity index (χ3n) is 8.99. The van der Waals surface area contributed by atoms with Gasteiger partial charge in [-0.3, -0.25) is 4.79 Å². The lowest BCUT2D eigenvalue weighted by molar-refractivity contribution is -0.155. The molecule has 4 rings (SSSR count). The molecule has 4 fully saturated rings. The first-order chi connectivity index (χ1) is 10.4. The SMILES string of the molecule is C[C@@H]1CC[C@H]2[C@@H]3CC[C@H]4CC(=O)C(O)C[C@]4(C)[C@H]3CC[C@]12C. The van der Waals surface area contributed by atoms with E-state index >= 15 is 0 Å². The second kappa shape index (κ2) is 4.82. The van der Waals surface area contributed by atoms with Gasteiger partial charge in [0.1, 0.15) is 6.10 Å². The van der Waals surface area contributed by atoms with E-state index in [1.165, 1.54) is 38.5 Å². The average Bonchev–Trinajstić information content (AvgIpc) is 2.77. The molecule has 0 spiro atoms. The second-order valence-corrected chi connectivity index (χ2v) is 9.57. The summed E-state index contributed by atoms with van der Waals surface area (Å²) in [6.07, 6.45) is 8.76. The van der Waals surface area contributed by atoms with Crippen molar-refractivity contribution in [3.05, 3.63) is 0 Å². The number of carbonyl (C=O) groups excluding carboxylic acids is 1. The normalized spacial score (nSPS) is 57.9. The van der Waals surface area contributed by atoms with Crippen molar-refractivity contribution < 1.29 is 9.90 Å². The van der Waals surface area contributed by atoms with Gasteiger partial charge >= 0.3 is 0 Å². The molecule has 0 aromatic heterocycles. The lowest BCUT2D eigenvalue weighted by Gasteiger charge is -2.60. The van der Waals surface area contributed by atoms with Crippen molar-refractivity contribution in [1.82, 2.24) is 0 Å². The second-order valence-electron chi connectivity index (χ2n) is 9.57. The molecule has 0 saturated heterocycles. The summed E-state index contributed by atoms with van der Waals surface area (Å²) in [5.74, 6) is 4.02. The number of hydrogen-bond acceptors (Lipinski definition) is 2. The molecule has 22 heavy (non-hydrogen) atoms. The van der Waals surface area contributed by atoms with Crippen LogP contribution in [0.4, 0.5) is 0 Å². The molecule has 4 aliphatic rings. The van der Waals surface area contributed by atoms with E-state index in [1.807, 2.05) is 0 Å². The summed E-state index contributed by atoms with van der Waals surface area (Å²) in [6.45, 7) is 7.43. The van der Waals surface area contributed by atoms with Crippen LogP contribution in [0.15, 0.2) is 0 Å². The highest BCUT2D eigenvalue weighted by atomic mass is 16.3. The van der Waals surface area contributed by atoms with Crippen LogP contribution in [-0.2, 0) is 4.79 Å².